The normalized spacial score (nSPS) is 10.1. The molecule has 1 amide bonds. The van der Waals surface area contributed by atoms with Gasteiger partial charge in [0, 0.05) is 13.6 Å². The van der Waals surface area contributed by atoms with Crippen LogP contribution in [0.4, 0.5) is 10.9 Å². The van der Waals surface area contributed by atoms with E-state index in [1.807, 2.05) is 24.3 Å². The van der Waals surface area contributed by atoms with Gasteiger partial charge in [-0.1, -0.05) is 23.5 Å². The first-order valence-corrected chi connectivity index (χ1v) is 6.81. The second kappa shape index (κ2) is 6.25. The number of rotatable bonds is 5. The van der Waals surface area contributed by atoms with Crippen molar-refractivity contribution >= 4 is 28.2 Å². The second-order valence-corrected chi connectivity index (χ2v) is 5.02. The number of ether oxygens (including phenoxy) is 1. The van der Waals surface area contributed by atoms with Gasteiger partial charge in [0.1, 0.15) is 16.4 Å². The molecule has 0 unspecified atom stereocenters. The van der Waals surface area contributed by atoms with Crippen LogP contribution in [0.25, 0.3) is 0 Å². The van der Waals surface area contributed by atoms with Crippen molar-refractivity contribution in [2.45, 2.75) is 6.54 Å². The van der Waals surface area contributed by atoms with E-state index in [2.05, 4.69) is 15.6 Å². The molecule has 1 heterocycles. The van der Waals surface area contributed by atoms with Crippen LogP contribution >= 0.6 is 11.3 Å². The lowest BCUT2D eigenvalue weighted by Crippen LogP contribution is -2.22. The van der Waals surface area contributed by atoms with Crippen molar-refractivity contribution in [2.24, 2.45) is 0 Å². The van der Waals surface area contributed by atoms with E-state index in [1.165, 1.54) is 11.3 Å². The van der Waals surface area contributed by atoms with E-state index >= 15 is 0 Å². The molecule has 1 aromatic heterocycles. The fraction of sp³-hybridized carbons (Fsp3) is 0.231. The minimum absolute atomic E-state index is 0.232. The van der Waals surface area contributed by atoms with Crippen LogP contribution in [-0.2, 0) is 6.54 Å². The van der Waals surface area contributed by atoms with E-state index in [1.54, 1.807) is 14.2 Å². The first kappa shape index (κ1) is 14.1. The Balaban J connectivity index is 2.02. The molecule has 0 aliphatic heterocycles. The van der Waals surface area contributed by atoms with Crippen molar-refractivity contribution in [3.05, 3.63) is 34.7 Å². The number of hydrogen-bond acceptors (Lipinski definition) is 6. The van der Waals surface area contributed by atoms with Gasteiger partial charge in [-0.25, -0.2) is 4.98 Å². The van der Waals surface area contributed by atoms with Crippen molar-refractivity contribution in [3.8, 4) is 5.75 Å². The fourth-order valence-electron chi connectivity index (χ4n) is 1.65. The predicted molar refractivity (Wildman–Crippen MR) is 80.2 cm³/mol. The number of carbonyl (C=O) groups is 1. The number of amides is 1. The molecule has 0 saturated carbocycles. The number of benzene rings is 1. The lowest BCUT2D eigenvalue weighted by atomic mass is 10.2. The molecule has 0 aliphatic carbocycles. The number of nitrogens with zero attached hydrogens (tertiary/aromatic N) is 1. The van der Waals surface area contributed by atoms with Crippen LogP contribution in [-0.4, -0.2) is 25.0 Å². The van der Waals surface area contributed by atoms with Crippen LogP contribution in [0.5, 0.6) is 5.75 Å². The monoisotopic (exact) mass is 292 g/mol. The lowest BCUT2D eigenvalue weighted by molar-refractivity contribution is 0.0955. The Labute approximate surface area is 121 Å². The smallest absolute Gasteiger partial charge is 0.265 e. The highest BCUT2D eigenvalue weighted by molar-refractivity contribution is 7.18. The summed E-state index contributed by atoms with van der Waals surface area (Å²) >= 11 is 1.23. The highest BCUT2D eigenvalue weighted by Gasteiger charge is 2.15. The van der Waals surface area contributed by atoms with Crippen LogP contribution in [0.15, 0.2) is 24.3 Å². The van der Waals surface area contributed by atoms with Gasteiger partial charge >= 0.3 is 0 Å². The van der Waals surface area contributed by atoms with Gasteiger partial charge in [0.05, 0.1) is 7.11 Å². The Morgan fingerprint density at radius 3 is 2.95 bits per heavy atom. The maximum Gasteiger partial charge on any atom is 0.265 e. The van der Waals surface area contributed by atoms with Gasteiger partial charge < -0.3 is 21.1 Å². The summed E-state index contributed by atoms with van der Waals surface area (Å²) in [4.78, 5) is 16.5. The van der Waals surface area contributed by atoms with Gasteiger partial charge in [-0.05, 0) is 17.7 Å². The maximum atomic E-state index is 12.0. The zero-order valence-electron chi connectivity index (χ0n) is 11.3. The quantitative estimate of drug-likeness (QED) is 0.780. The van der Waals surface area contributed by atoms with Crippen molar-refractivity contribution in [1.82, 2.24) is 10.3 Å². The first-order valence-electron chi connectivity index (χ1n) is 5.99. The molecule has 20 heavy (non-hydrogen) atoms. The third-order valence-corrected chi connectivity index (χ3v) is 3.75. The maximum absolute atomic E-state index is 12.0. The van der Waals surface area contributed by atoms with Crippen LogP contribution in [0.2, 0.25) is 0 Å². The molecule has 2 aromatic rings. The molecular formula is C13H16N4O2S. The van der Waals surface area contributed by atoms with Crippen molar-refractivity contribution in [2.75, 3.05) is 25.2 Å². The average Bonchev–Trinajstić information content (AvgIpc) is 2.86. The van der Waals surface area contributed by atoms with Crippen LogP contribution in [0.3, 0.4) is 0 Å². The van der Waals surface area contributed by atoms with E-state index in [0.717, 1.165) is 11.3 Å². The zero-order valence-corrected chi connectivity index (χ0v) is 12.1. The second-order valence-electron chi connectivity index (χ2n) is 4.02. The Bertz CT molecular complexity index is 612. The molecule has 0 atom stereocenters. The number of nitrogen functional groups attached to an aromatic ring is 1. The first-order chi connectivity index (χ1) is 9.63. The largest absolute Gasteiger partial charge is 0.497 e. The number of hydrogen-bond donors (Lipinski definition) is 3. The zero-order chi connectivity index (χ0) is 14.5. The van der Waals surface area contributed by atoms with Crippen molar-refractivity contribution in [1.29, 1.82) is 0 Å². The SMILES string of the molecule is CNc1nc(N)c(C(=O)NCc2cccc(OC)c2)s1. The standard InChI is InChI=1S/C13H16N4O2S/c1-15-13-17-11(14)10(20-13)12(18)16-7-8-4-3-5-9(6-8)19-2/h3-6H,7,14H2,1-2H3,(H,15,17)(H,16,18). The number of anilines is 2. The predicted octanol–water partition coefficient (Wildman–Crippen LogP) is 1.71. The lowest BCUT2D eigenvalue weighted by Gasteiger charge is -2.06. The third-order valence-electron chi connectivity index (χ3n) is 2.66. The van der Waals surface area contributed by atoms with E-state index in [4.69, 9.17) is 10.5 Å². The highest BCUT2D eigenvalue weighted by atomic mass is 32.1. The van der Waals surface area contributed by atoms with Crippen LogP contribution < -0.4 is 21.1 Å². The number of methoxy groups -OCH3 is 1. The van der Waals surface area contributed by atoms with Gasteiger partial charge in [-0.2, -0.15) is 0 Å². The molecule has 4 N–H and O–H groups in total. The summed E-state index contributed by atoms with van der Waals surface area (Å²) in [6.07, 6.45) is 0. The summed E-state index contributed by atoms with van der Waals surface area (Å²) < 4.78 is 5.13. The van der Waals surface area contributed by atoms with E-state index < -0.39 is 0 Å². The molecular weight excluding hydrogens is 276 g/mol. The Hall–Kier alpha value is -2.28. The molecule has 0 radical (unpaired) electrons. The summed E-state index contributed by atoms with van der Waals surface area (Å²) in [6, 6.07) is 7.51. The van der Waals surface area contributed by atoms with Crippen LogP contribution in [0.1, 0.15) is 15.2 Å². The van der Waals surface area contributed by atoms with Crippen molar-refractivity contribution in [3.63, 3.8) is 0 Å². The summed E-state index contributed by atoms with van der Waals surface area (Å²) in [5.41, 5.74) is 6.66. The number of nitrogens with two attached hydrogens (primary N) is 1. The van der Waals surface area contributed by atoms with Gasteiger partial charge in [0.25, 0.3) is 5.91 Å². The van der Waals surface area contributed by atoms with Gasteiger partial charge in [0.2, 0.25) is 0 Å². The van der Waals surface area contributed by atoms with Crippen LogP contribution in [0, 0.1) is 0 Å². The molecule has 6 nitrogen and oxygen atoms in total. The summed E-state index contributed by atoms with van der Waals surface area (Å²) in [5.74, 6) is 0.762. The molecule has 0 spiro atoms. The topological polar surface area (TPSA) is 89.3 Å². The Morgan fingerprint density at radius 2 is 2.30 bits per heavy atom. The van der Waals surface area contributed by atoms with E-state index in [-0.39, 0.29) is 11.7 Å². The van der Waals surface area contributed by atoms with Gasteiger partial charge in [-0.3, -0.25) is 4.79 Å². The molecule has 2 rings (SSSR count). The summed E-state index contributed by atoms with van der Waals surface area (Å²) in [5, 5.41) is 6.30. The molecule has 7 heteroatoms. The third kappa shape index (κ3) is 3.18. The van der Waals surface area contributed by atoms with E-state index in [9.17, 15) is 4.79 Å². The highest BCUT2D eigenvalue weighted by Crippen LogP contribution is 2.24. The van der Waals surface area contributed by atoms with E-state index in [0.29, 0.717) is 16.6 Å². The minimum Gasteiger partial charge on any atom is -0.497 e. The van der Waals surface area contributed by atoms with Gasteiger partial charge in [0.15, 0.2) is 5.13 Å². The molecule has 1 aromatic carbocycles. The van der Waals surface area contributed by atoms with Gasteiger partial charge in [-0.15, -0.1) is 0 Å². The van der Waals surface area contributed by atoms with Crippen molar-refractivity contribution < 1.29 is 9.53 Å². The number of nitrogens with one attached hydrogen (secondary N) is 2. The molecule has 0 bridgehead atoms. The molecule has 0 fully saturated rings. The number of aromatic nitrogens is 1. The summed E-state index contributed by atoms with van der Waals surface area (Å²) in [7, 11) is 3.34. The minimum atomic E-state index is -0.232. The molecule has 0 aliphatic rings. The molecule has 106 valence electrons. The molecule has 0 saturated heterocycles. The number of carbonyl (C=O) groups excluding carboxylic acids is 1. The Morgan fingerprint density at radius 1 is 1.50 bits per heavy atom. The number of thiazole rings is 1. The Kier molecular flexibility index (Phi) is 4.41. The average molecular weight is 292 g/mol. The fourth-order valence-corrected chi connectivity index (χ4v) is 2.40. The summed E-state index contributed by atoms with van der Waals surface area (Å²) in [6.45, 7) is 0.405.